The molecular weight excluding hydrogens is 207 g/mol. The van der Waals surface area contributed by atoms with Crippen LogP contribution in [0.5, 0.6) is 0 Å². The van der Waals surface area contributed by atoms with Gasteiger partial charge in [0, 0.05) is 23.8 Å². The zero-order valence-corrected chi connectivity index (χ0v) is 9.20. The third kappa shape index (κ3) is 2.22. The van der Waals surface area contributed by atoms with Gasteiger partial charge in [0.25, 0.3) is 0 Å². The van der Waals surface area contributed by atoms with Crippen molar-refractivity contribution in [2.45, 2.75) is 19.8 Å². The average Bonchev–Trinajstić information content (AvgIpc) is 2.68. The highest BCUT2D eigenvalue weighted by Gasteiger charge is 2.07. The summed E-state index contributed by atoms with van der Waals surface area (Å²) in [7, 11) is 0. The van der Waals surface area contributed by atoms with Crippen molar-refractivity contribution in [3.63, 3.8) is 0 Å². The summed E-state index contributed by atoms with van der Waals surface area (Å²) in [4.78, 5) is 0. The number of aliphatic hydroxyl groups is 1. The number of nitrogens with zero attached hydrogens (tertiary/aromatic N) is 1. The van der Waals surface area contributed by atoms with Crippen molar-refractivity contribution in [2.75, 3.05) is 6.61 Å². The number of aliphatic hydroxyl groups excluding tert-OH is 1. The van der Waals surface area contributed by atoms with Gasteiger partial charge in [-0.05, 0) is 30.9 Å². The molecule has 2 aromatic rings. The lowest BCUT2D eigenvalue weighted by atomic mass is 10.0. The lowest BCUT2D eigenvalue weighted by molar-refractivity contribution is 0.230. The molecule has 1 unspecified atom stereocenters. The lowest BCUT2D eigenvalue weighted by Crippen LogP contribution is -2.02. The van der Waals surface area contributed by atoms with Gasteiger partial charge in [-0.3, -0.25) is 5.10 Å². The highest BCUT2D eigenvalue weighted by Crippen LogP contribution is 2.19. The molecule has 1 heterocycles. The van der Waals surface area contributed by atoms with Crippen LogP contribution in [0.25, 0.3) is 10.9 Å². The van der Waals surface area contributed by atoms with Gasteiger partial charge in [0.05, 0.1) is 5.52 Å². The molecule has 0 aliphatic heterocycles. The second-order valence-corrected chi connectivity index (χ2v) is 4.19. The molecule has 0 saturated heterocycles. The Morgan fingerprint density at radius 1 is 1.50 bits per heavy atom. The van der Waals surface area contributed by atoms with E-state index < -0.39 is 0 Å². The van der Waals surface area contributed by atoms with E-state index in [1.807, 2.05) is 6.92 Å². The molecule has 0 saturated carbocycles. The Morgan fingerprint density at radius 2 is 2.31 bits per heavy atom. The number of aromatic amines is 1. The van der Waals surface area contributed by atoms with Gasteiger partial charge in [0.1, 0.15) is 5.82 Å². The lowest BCUT2D eigenvalue weighted by Gasteiger charge is -2.05. The van der Waals surface area contributed by atoms with Crippen LogP contribution in [0, 0.1) is 11.7 Å². The Hall–Kier alpha value is -1.42. The molecule has 0 radical (unpaired) electrons. The largest absolute Gasteiger partial charge is 0.396 e. The van der Waals surface area contributed by atoms with Crippen molar-refractivity contribution in [1.82, 2.24) is 10.2 Å². The topological polar surface area (TPSA) is 48.9 Å². The zero-order chi connectivity index (χ0) is 11.5. The number of nitrogens with one attached hydrogen (secondary N) is 1. The molecule has 0 bridgehead atoms. The number of benzene rings is 1. The maximum atomic E-state index is 12.9. The molecule has 0 fully saturated rings. The van der Waals surface area contributed by atoms with Crippen molar-refractivity contribution < 1.29 is 9.50 Å². The number of halogens is 1. The fourth-order valence-corrected chi connectivity index (χ4v) is 1.71. The van der Waals surface area contributed by atoms with Crippen LogP contribution in [0.1, 0.15) is 19.0 Å². The fraction of sp³-hybridized carbons (Fsp3) is 0.417. The Kier molecular flexibility index (Phi) is 3.19. The number of aromatic nitrogens is 2. The summed E-state index contributed by atoms with van der Waals surface area (Å²) in [5.74, 6) is 0.00748. The molecule has 1 aromatic carbocycles. The van der Waals surface area contributed by atoms with E-state index in [-0.39, 0.29) is 18.3 Å². The minimum absolute atomic E-state index is 0.195. The van der Waals surface area contributed by atoms with E-state index in [4.69, 9.17) is 5.11 Å². The number of rotatable bonds is 4. The first-order valence-corrected chi connectivity index (χ1v) is 5.44. The van der Waals surface area contributed by atoms with Crippen LogP contribution in [0.15, 0.2) is 18.2 Å². The maximum Gasteiger partial charge on any atom is 0.125 e. The molecule has 0 aliphatic rings. The molecule has 86 valence electrons. The van der Waals surface area contributed by atoms with Crippen molar-refractivity contribution in [2.24, 2.45) is 5.92 Å². The molecule has 4 heteroatoms. The molecule has 2 N–H and O–H groups in total. The Balaban J connectivity index is 2.19. The smallest absolute Gasteiger partial charge is 0.125 e. The summed E-state index contributed by atoms with van der Waals surface area (Å²) in [6.45, 7) is 2.19. The molecule has 3 nitrogen and oxygen atoms in total. The summed E-state index contributed by atoms with van der Waals surface area (Å²) in [5, 5.41) is 16.9. The van der Waals surface area contributed by atoms with Crippen LogP contribution < -0.4 is 0 Å². The van der Waals surface area contributed by atoms with Gasteiger partial charge in [-0.2, -0.15) is 5.10 Å². The van der Waals surface area contributed by atoms with E-state index in [1.165, 1.54) is 12.1 Å². The predicted octanol–water partition coefficient (Wildman–Crippen LogP) is 2.26. The Bertz CT molecular complexity index is 481. The predicted molar refractivity (Wildman–Crippen MR) is 60.6 cm³/mol. The third-order valence-electron chi connectivity index (χ3n) is 2.80. The van der Waals surface area contributed by atoms with Gasteiger partial charge in [0.2, 0.25) is 0 Å². The minimum Gasteiger partial charge on any atom is -0.396 e. The normalized spacial score (nSPS) is 13.2. The summed E-state index contributed by atoms with van der Waals surface area (Å²) < 4.78 is 12.9. The van der Waals surface area contributed by atoms with E-state index in [2.05, 4.69) is 10.2 Å². The summed E-state index contributed by atoms with van der Waals surface area (Å²) >= 11 is 0. The first kappa shape index (κ1) is 11.1. The molecule has 1 aromatic heterocycles. The van der Waals surface area contributed by atoms with Gasteiger partial charge in [-0.25, -0.2) is 4.39 Å². The van der Waals surface area contributed by atoms with E-state index in [9.17, 15) is 4.39 Å². The second-order valence-electron chi connectivity index (χ2n) is 4.19. The Labute approximate surface area is 93.3 Å². The molecule has 1 atom stereocenters. The number of fused-ring (bicyclic) bond motifs is 1. The summed E-state index contributed by atoms with van der Waals surface area (Å²) in [5.41, 5.74) is 1.67. The quantitative estimate of drug-likeness (QED) is 0.833. The standard InChI is InChI=1S/C12H15FN2O/c1-8(7-16)2-5-11-10-4-3-9(13)6-12(10)15-14-11/h3-4,6,8,16H,2,5,7H2,1H3,(H,14,15). The molecular formula is C12H15FN2O. The van der Waals surface area contributed by atoms with Crippen LogP contribution in [0.3, 0.4) is 0 Å². The van der Waals surface area contributed by atoms with Crippen molar-refractivity contribution in [3.05, 3.63) is 29.7 Å². The summed E-state index contributed by atoms with van der Waals surface area (Å²) in [6, 6.07) is 4.61. The van der Waals surface area contributed by atoms with Gasteiger partial charge < -0.3 is 5.11 Å². The highest BCUT2D eigenvalue weighted by atomic mass is 19.1. The SMILES string of the molecule is CC(CO)CCc1[nH]nc2cc(F)ccc12. The van der Waals surface area contributed by atoms with Crippen molar-refractivity contribution >= 4 is 10.9 Å². The monoisotopic (exact) mass is 222 g/mol. The van der Waals surface area contributed by atoms with E-state index in [0.29, 0.717) is 5.52 Å². The highest BCUT2D eigenvalue weighted by molar-refractivity contribution is 5.81. The maximum absolute atomic E-state index is 12.9. The molecule has 16 heavy (non-hydrogen) atoms. The fourth-order valence-electron chi connectivity index (χ4n) is 1.71. The third-order valence-corrected chi connectivity index (χ3v) is 2.80. The van der Waals surface area contributed by atoms with Crippen molar-refractivity contribution in [3.8, 4) is 0 Å². The zero-order valence-electron chi connectivity index (χ0n) is 9.20. The van der Waals surface area contributed by atoms with Gasteiger partial charge >= 0.3 is 0 Å². The van der Waals surface area contributed by atoms with Crippen LogP contribution >= 0.6 is 0 Å². The van der Waals surface area contributed by atoms with Gasteiger partial charge in [-0.1, -0.05) is 6.92 Å². The van der Waals surface area contributed by atoms with Gasteiger partial charge in [0.15, 0.2) is 0 Å². The van der Waals surface area contributed by atoms with Crippen LogP contribution in [0.2, 0.25) is 0 Å². The number of hydrogen-bond acceptors (Lipinski definition) is 2. The Morgan fingerprint density at radius 3 is 3.06 bits per heavy atom. The van der Waals surface area contributed by atoms with E-state index >= 15 is 0 Å². The first-order chi connectivity index (χ1) is 7.70. The molecule has 0 spiro atoms. The van der Waals surface area contributed by atoms with Crippen LogP contribution in [-0.2, 0) is 6.42 Å². The van der Waals surface area contributed by atoms with Crippen LogP contribution in [0.4, 0.5) is 4.39 Å². The van der Waals surface area contributed by atoms with E-state index in [0.717, 1.165) is 23.9 Å². The van der Waals surface area contributed by atoms with Crippen LogP contribution in [-0.4, -0.2) is 21.9 Å². The number of aryl methyl sites for hydroxylation is 1. The average molecular weight is 222 g/mol. The van der Waals surface area contributed by atoms with Gasteiger partial charge in [-0.15, -0.1) is 0 Å². The molecule has 2 rings (SSSR count). The number of hydrogen-bond donors (Lipinski definition) is 2. The first-order valence-electron chi connectivity index (χ1n) is 5.44. The number of H-pyrrole nitrogens is 1. The molecule has 0 amide bonds. The summed E-state index contributed by atoms with van der Waals surface area (Å²) in [6.07, 6.45) is 1.72. The van der Waals surface area contributed by atoms with Crippen molar-refractivity contribution in [1.29, 1.82) is 0 Å². The molecule has 0 aliphatic carbocycles. The van der Waals surface area contributed by atoms with E-state index in [1.54, 1.807) is 6.07 Å². The minimum atomic E-state index is -0.269. The second kappa shape index (κ2) is 4.61.